The molecule has 172 valence electrons. The van der Waals surface area contributed by atoms with Crippen molar-refractivity contribution in [3.05, 3.63) is 99.3 Å². The minimum atomic E-state index is -0.445. The number of carbonyl (C=O) groups is 1. The third-order valence-electron chi connectivity index (χ3n) is 6.46. The van der Waals surface area contributed by atoms with E-state index in [1.54, 1.807) is 18.7 Å². The van der Waals surface area contributed by atoms with Gasteiger partial charge in [-0.15, -0.1) is 0 Å². The van der Waals surface area contributed by atoms with Crippen LogP contribution in [0, 0.1) is 6.92 Å². The number of fused-ring (bicyclic) bond motifs is 3. The second kappa shape index (κ2) is 8.71. The summed E-state index contributed by atoms with van der Waals surface area (Å²) in [6, 6.07) is 21.0. The van der Waals surface area contributed by atoms with Crippen molar-refractivity contribution in [1.29, 1.82) is 0 Å². The van der Waals surface area contributed by atoms with Crippen LogP contribution in [0.4, 0.5) is 0 Å². The van der Waals surface area contributed by atoms with Gasteiger partial charge >= 0.3 is 5.97 Å². The smallest absolute Gasteiger partial charge is 0.312 e. The van der Waals surface area contributed by atoms with Crippen molar-refractivity contribution in [3.8, 4) is 17.2 Å². The number of para-hydroxylation sites is 1. The van der Waals surface area contributed by atoms with E-state index >= 15 is 0 Å². The van der Waals surface area contributed by atoms with Gasteiger partial charge in [0.25, 0.3) is 5.56 Å². The topological polar surface area (TPSA) is 66.8 Å². The van der Waals surface area contributed by atoms with Gasteiger partial charge in [-0.2, -0.15) is 0 Å². The Morgan fingerprint density at radius 3 is 2.56 bits per heavy atom. The quantitative estimate of drug-likeness (QED) is 0.402. The lowest BCUT2D eigenvalue weighted by Gasteiger charge is -2.26. The van der Waals surface area contributed by atoms with Gasteiger partial charge in [-0.1, -0.05) is 42.5 Å². The normalized spacial score (nSPS) is 15.0. The molecule has 0 amide bonds. The second-order valence-corrected chi connectivity index (χ2v) is 8.48. The number of ether oxygens (including phenoxy) is 3. The largest absolute Gasteiger partial charge is 0.493 e. The Morgan fingerprint density at radius 1 is 1.00 bits per heavy atom. The number of hydrogen-bond donors (Lipinski definition) is 0. The average Bonchev–Trinajstić information content (AvgIpc) is 2.86. The summed E-state index contributed by atoms with van der Waals surface area (Å²) in [5.74, 6) is 0.677. The number of aryl methyl sites for hydroxylation is 2. The van der Waals surface area contributed by atoms with Gasteiger partial charge in [-0.3, -0.25) is 9.59 Å². The van der Waals surface area contributed by atoms with Crippen molar-refractivity contribution in [2.45, 2.75) is 25.9 Å². The third-order valence-corrected chi connectivity index (χ3v) is 6.46. The molecule has 1 aliphatic rings. The maximum absolute atomic E-state index is 13.3. The van der Waals surface area contributed by atoms with Gasteiger partial charge < -0.3 is 18.8 Å². The Morgan fingerprint density at radius 2 is 1.76 bits per heavy atom. The molecule has 6 heteroatoms. The number of rotatable bonds is 5. The van der Waals surface area contributed by atoms with Crippen molar-refractivity contribution in [1.82, 2.24) is 4.57 Å². The van der Waals surface area contributed by atoms with Crippen LogP contribution in [-0.4, -0.2) is 17.6 Å². The molecular weight excluding hydrogens is 430 g/mol. The Hall–Kier alpha value is -4.06. The first kappa shape index (κ1) is 21.8. The molecule has 1 aliphatic heterocycles. The molecule has 0 saturated heterocycles. The minimum Gasteiger partial charge on any atom is -0.493 e. The standard InChI is InChI=1S/C28H25NO5/c1-17-8-4-5-9-19(17)16-33-23-13-12-18(14-24(23)32-3)21-15-25(30)34-27-20-10-6-7-11-22(20)29(2)28(31)26(21)27/h4-14,21H,15-16H2,1-3H3/t21-/m1/s1. The fourth-order valence-electron chi connectivity index (χ4n) is 4.56. The van der Waals surface area contributed by atoms with E-state index in [0.717, 1.165) is 27.6 Å². The molecule has 0 spiro atoms. The first-order chi connectivity index (χ1) is 16.5. The van der Waals surface area contributed by atoms with Crippen LogP contribution in [0.3, 0.4) is 0 Å². The van der Waals surface area contributed by atoms with Gasteiger partial charge in [0.15, 0.2) is 11.5 Å². The first-order valence-corrected chi connectivity index (χ1v) is 11.2. The van der Waals surface area contributed by atoms with E-state index in [0.29, 0.717) is 29.4 Å². The summed E-state index contributed by atoms with van der Waals surface area (Å²) in [6.45, 7) is 2.45. The Bertz CT molecular complexity index is 1470. The number of hydrogen-bond acceptors (Lipinski definition) is 5. The first-order valence-electron chi connectivity index (χ1n) is 11.2. The maximum atomic E-state index is 13.3. The molecule has 0 bridgehead atoms. The van der Waals surface area contributed by atoms with Crippen molar-refractivity contribution in [2.75, 3.05) is 7.11 Å². The van der Waals surface area contributed by atoms with Crippen molar-refractivity contribution in [3.63, 3.8) is 0 Å². The van der Waals surface area contributed by atoms with Crippen LogP contribution in [0.25, 0.3) is 10.9 Å². The van der Waals surface area contributed by atoms with Gasteiger partial charge in [0, 0.05) is 18.4 Å². The molecule has 0 unspecified atom stereocenters. The zero-order chi connectivity index (χ0) is 23.8. The molecule has 0 saturated carbocycles. The van der Waals surface area contributed by atoms with Crippen molar-refractivity contribution >= 4 is 16.9 Å². The molecule has 4 aromatic rings. The number of esters is 1. The Kier molecular flexibility index (Phi) is 5.57. The number of nitrogens with zero attached hydrogens (tertiary/aromatic N) is 1. The van der Waals surface area contributed by atoms with Gasteiger partial charge in [0.2, 0.25) is 0 Å². The predicted molar refractivity (Wildman–Crippen MR) is 130 cm³/mol. The highest BCUT2D eigenvalue weighted by molar-refractivity contribution is 5.91. The second-order valence-electron chi connectivity index (χ2n) is 8.48. The van der Waals surface area contributed by atoms with Gasteiger partial charge in [0.05, 0.1) is 24.6 Å². The lowest BCUT2D eigenvalue weighted by molar-refractivity contribution is -0.135. The van der Waals surface area contributed by atoms with E-state index in [1.165, 1.54) is 0 Å². The van der Waals surface area contributed by atoms with Gasteiger partial charge in [-0.05, 0) is 47.9 Å². The van der Waals surface area contributed by atoms with Crippen LogP contribution in [-0.2, 0) is 18.4 Å². The number of pyridine rings is 1. The molecule has 1 atom stereocenters. The van der Waals surface area contributed by atoms with Crippen LogP contribution in [0.1, 0.15) is 34.6 Å². The monoisotopic (exact) mass is 455 g/mol. The highest BCUT2D eigenvalue weighted by Gasteiger charge is 2.34. The fourth-order valence-corrected chi connectivity index (χ4v) is 4.56. The van der Waals surface area contributed by atoms with Crippen LogP contribution >= 0.6 is 0 Å². The summed E-state index contributed by atoms with van der Waals surface area (Å²) in [5.41, 5.74) is 4.07. The van der Waals surface area contributed by atoms with E-state index in [9.17, 15) is 9.59 Å². The zero-order valence-electron chi connectivity index (χ0n) is 19.3. The molecule has 0 radical (unpaired) electrons. The fraction of sp³-hybridized carbons (Fsp3) is 0.214. The summed E-state index contributed by atoms with van der Waals surface area (Å²) in [6.07, 6.45) is 0.0765. The minimum absolute atomic E-state index is 0.0765. The molecule has 34 heavy (non-hydrogen) atoms. The molecule has 0 N–H and O–H groups in total. The lowest BCUT2D eigenvalue weighted by Crippen LogP contribution is -2.31. The Labute approximate surface area is 197 Å². The van der Waals surface area contributed by atoms with Crippen LogP contribution in [0.15, 0.2) is 71.5 Å². The molecule has 0 fully saturated rings. The summed E-state index contributed by atoms with van der Waals surface area (Å²) < 4.78 is 18.9. The number of aromatic nitrogens is 1. The predicted octanol–water partition coefficient (Wildman–Crippen LogP) is 4.88. The van der Waals surface area contributed by atoms with Crippen LogP contribution in [0.2, 0.25) is 0 Å². The zero-order valence-corrected chi connectivity index (χ0v) is 19.3. The summed E-state index contributed by atoms with van der Waals surface area (Å²) >= 11 is 0. The van der Waals surface area contributed by atoms with E-state index in [2.05, 4.69) is 0 Å². The summed E-state index contributed by atoms with van der Waals surface area (Å²) in [5, 5.41) is 0.739. The van der Waals surface area contributed by atoms with E-state index in [4.69, 9.17) is 14.2 Å². The molecular formula is C28H25NO5. The van der Waals surface area contributed by atoms with Gasteiger partial charge in [0.1, 0.15) is 12.4 Å². The Balaban J connectivity index is 1.55. The van der Waals surface area contributed by atoms with E-state index in [-0.39, 0.29) is 17.9 Å². The van der Waals surface area contributed by atoms with E-state index < -0.39 is 5.92 Å². The van der Waals surface area contributed by atoms with E-state index in [1.807, 2.05) is 73.7 Å². The maximum Gasteiger partial charge on any atom is 0.312 e. The molecule has 2 heterocycles. The SMILES string of the molecule is COc1cc([C@H]2CC(=O)Oc3c2c(=O)n(C)c2ccccc32)ccc1OCc1ccccc1C. The van der Waals surface area contributed by atoms with Crippen LogP contribution < -0.4 is 19.8 Å². The van der Waals surface area contributed by atoms with Gasteiger partial charge in [-0.25, -0.2) is 0 Å². The molecule has 6 nitrogen and oxygen atoms in total. The van der Waals surface area contributed by atoms with Crippen molar-refractivity contribution < 1.29 is 19.0 Å². The highest BCUT2D eigenvalue weighted by Crippen LogP contribution is 2.42. The number of carbonyl (C=O) groups excluding carboxylic acids is 1. The summed E-state index contributed by atoms with van der Waals surface area (Å²) in [4.78, 5) is 25.9. The average molecular weight is 456 g/mol. The number of methoxy groups -OCH3 is 1. The third kappa shape index (κ3) is 3.71. The number of benzene rings is 3. The molecule has 5 rings (SSSR count). The highest BCUT2D eigenvalue weighted by atomic mass is 16.5. The molecule has 1 aromatic heterocycles. The van der Waals surface area contributed by atoms with Crippen molar-refractivity contribution in [2.24, 2.45) is 7.05 Å². The van der Waals surface area contributed by atoms with Crippen LogP contribution in [0.5, 0.6) is 17.2 Å². The molecule has 0 aliphatic carbocycles. The lowest BCUT2D eigenvalue weighted by atomic mass is 9.86. The molecule has 3 aromatic carbocycles. The summed E-state index contributed by atoms with van der Waals surface area (Å²) in [7, 11) is 3.32.